The topological polar surface area (TPSA) is 54.6 Å². The van der Waals surface area contributed by atoms with E-state index in [1.54, 1.807) is 10.6 Å². The van der Waals surface area contributed by atoms with E-state index in [1.807, 2.05) is 12.1 Å². The average Bonchev–Trinajstić information content (AvgIpc) is 2.52. The fourth-order valence-electron chi connectivity index (χ4n) is 2.22. The van der Waals surface area contributed by atoms with Gasteiger partial charge in [0.1, 0.15) is 5.65 Å². The molecule has 0 atom stereocenters. The minimum absolute atomic E-state index is 0.317. The first-order valence-electron chi connectivity index (χ1n) is 5.57. The number of imidazole rings is 1. The molecule has 0 bridgehead atoms. The standard InChI is InChI=1S/C12H11BrN2O2/c13-8-4-5-15-9(6-8)14-10(7-2-1-3-7)11(15)12(16)17/h4-7H,1-3H2,(H,16,17). The Balaban J connectivity index is 2.25. The van der Waals surface area contributed by atoms with Gasteiger partial charge in [-0.1, -0.05) is 22.4 Å². The number of carboxylic acid groups (broad SMARTS) is 1. The van der Waals surface area contributed by atoms with E-state index in [-0.39, 0.29) is 0 Å². The second kappa shape index (κ2) is 3.84. The summed E-state index contributed by atoms with van der Waals surface area (Å²) >= 11 is 3.37. The van der Waals surface area contributed by atoms with E-state index in [0.717, 1.165) is 23.0 Å². The summed E-state index contributed by atoms with van der Waals surface area (Å²) in [5.41, 5.74) is 1.75. The van der Waals surface area contributed by atoms with Gasteiger partial charge in [0.05, 0.1) is 5.69 Å². The van der Waals surface area contributed by atoms with Crippen molar-refractivity contribution in [3.63, 3.8) is 0 Å². The van der Waals surface area contributed by atoms with Crippen LogP contribution in [0.2, 0.25) is 0 Å². The number of pyridine rings is 1. The Hall–Kier alpha value is -1.36. The Morgan fingerprint density at radius 2 is 2.29 bits per heavy atom. The average molecular weight is 295 g/mol. The van der Waals surface area contributed by atoms with E-state index < -0.39 is 5.97 Å². The van der Waals surface area contributed by atoms with Crippen LogP contribution in [0, 0.1) is 0 Å². The van der Waals surface area contributed by atoms with Crippen LogP contribution in [-0.2, 0) is 0 Å². The van der Waals surface area contributed by atoms with Crippen LogP contribution in [0.1, 0.15) is 41.4 Å². The molecule has 3 rings (SSSR count). The first-order chi connectivity index (χ1) is 8.16. The van der Waals surface area contributed by atoms with Crippen molar-refractivity contribution >= 4 is 27.5 Å². The smallest absolute Gasteiger partial charge is 0.354 e. The number of fused-ring (bicyclic) bond motifs is 1. The SMILES string of the molecule is O=C(O)c1c(C2CCC2)nc2cc(Br)ccn12. The summed E-state index contributed by atoms with van der Waals surface area (Å²) in [5.74, 6) is -0.582. The summed E-state index contributed by atoms with van der Waals surface area (Å²) in [6, 6.07) is 3.67. The number of hydrogen-bond acceptors (Lipinski definition) is 2. The molecule has 0 radical (unpaired) electrons. The van der Waals surface area contributed by atoms with Crippen molar-refractivity contribution in [3.8, 4) is 0 Å². The second-order valence-electron chi connectivity index (χ2n) is 4.35. The van der Waals surface area contributed by atoms with Crippen LogP contribution in [0.4, 0.5) is 0 Å². The van der Waals surface area contributed by atoms with Crippen molar-refractivity contribution in [2.24, 2.45) is 0 Å². The molecule has 0 saturated heterocycles. The lowest BCUT2D eigenvalue weighted by molar-refractivity contribution is 0.0686. The predicted molar refractivity (Wildman–Crippen MR) is 66.4 cm³/mol. The summed E-state index contributed by atoms with van der Waals surface area (Å²) in [6.45, 7) is 0. The van der Waals surface area contributed by atoms with E-state index in [4.69, 9.17) is 0 Å². The van der Waals surface area contributed by atoms with Crippen LogP contribution >= 0.6 is 15.9 Å². The van der Waals surface area contributed by atoms with E-state index in [0.29, 0.717) is 17.3 Å². The molecule has 0 spiro atoms. The molecule has 0 unspecified atom stereocenters. The third kappa shape index (κ3) is 1.65. The molecule has 1 fully saturated rings. The molecular formula is C12H11BrN2O2. The van der Waals surface area contributed by atoms with E-state index in [9.17, 15) is 9.90 Å². The summed E-state index contributed by atoms with van der Waals surface area (Å²) in [7, 11) is 0. The van der Waals surface area contributed by atoms with Crippen LogP contribution < -0.4 is 0 Å². The number of rotatable bonds is 2. The number of carboxylic acids is 1. The predicted octanol–water partition coefficient (Wildman–Crippen LogP) is 3.06. The number of aromatic nitrogens is 2. The molecule has 1 N–H and O–H groups in total. The van der Waals surface area contributed by atoms with E-state index in [2.05, 4.69) is 20.9 Å². The van der Waals surface area contributed by atoms with Gasteiger partial charge < -0.3 is 5.11 Å². The van der Waals surface area contributed by atoms with Crippen molar-refractivity contribution < 1.29 is 9.90 Å². The van der Waals surface area contributed by atoms with Gasteiger partial charge in [0.15, 0.2) is 5.69 Å². The normalized spacial score (nSPS) is 16.1. The largest absolute Gasteiger partial charge is 0.477 e. The Kier molecular flexibility index (Phi) is 2.43. The lowest BCUT2D eigenvalue weighted by Crippen LogP contribution is -2.14. The van der Waals surface area contributed by atoms with Crippen molar-refractivity contribution in [3.05, 3.63) is 34.2 Å². The summed E-state index contributed by atoms with van der Waals surface area (Å²) in [4.78, 5) is 15.8. The quantitative estimate of drug-likeness (QED) is 0.926. The van der Waals surface area contributed by atoms with Crippen LogP contribution in [0.5, 0.6) is 0 Å². The monoisotopic (exact) mass is 294 g/mol. The van der Waals surface area contributed by atoms with E-state index >= 15 is 0 Å². The Morgan fingerprint density at radius 1 is 1.53 bits per heavy atom. The van der Waals surface area contributed by atoms with Crippen molar-refractivity contribution in [1.82, 2.24) is 9.38 Å². The molecule has 4 nitrogen and oxygen atoms in total. The maximum atomic E-state index is 11.4. The van der Waals surface area contributed by atoms with Crippen LogP contribution in [-0.4, -0.2) is 20.5 Å². The molecule has 88 valence electrons. The third-order valence-corrected chi connectivity index (χ3v) is 3.80. The van der Waals surface area contributed by atoms with Crippen LogP contribution in [0.25, 0.3) is 5.65 Å². The lowest BCUT2D eigenvalue weighted by Gasteiger charge is -2.23. The fourth-order valence-corrected chi connectivity index (χ4v) is 2.54. The molecule has 1 aliphatic rings. The van der Waals surface area contributed by atoms with Gasteiger partial charge in [-0.2, -0.15) is 0 Å². The highest BCUT2D eigenvalue weighted by molar-refractivity contribution is 9.10. The highest BCUT2D eigenvalue weighted by atomic mass is 79.9. The van der Waals surface area contributed by atoms with Gasteiger partial charge in [-0.15, -0.1) is 0 Å². The van der Waals surface area contributed by atoms with Gasteiger partial charge in [0.25, 0.3) is 0 Å². The number of hydrogen-bond donors (Lipinski definition) is 1. The zero-order valence-corrected chi connectivity index (χ0v) is 10.6. The van der Waals surface area contributed by atoms with Gasteiger partial charge in [-0.25, -0.2) is 9.78 Å². The zero-order valence-electron chi connectivity index (χ0n) is 9.06. The molecule has 2 aromatic rings. The second-order valence-corrected chi connectivity index (χ2v) is 5.27. The molecule has 17 heavy (non-hydrogen) atoms. The molecular weight excluding hydrogens is 284 g/mol. The number of halogens is 1. The first-order valence-corrected chi connectivity index (χ1v) is 6.37. The Bertz CT molecular complexity index is 602. The minimum Gasteiger partial charge on any atom is -0.477 e. The van der Waals surface area contributed by atoms with Crippen LogP contribution in [0.3, 0.4) is 0 Å². The summed E-state index contributed by atoms with van der Waals surface area (Å²) in [6.07, 6.45) is 5.01. The van der Waals surface area contributed by atoms with Crippen LogP contribution in [0.15, 0.2) is 22.8 Å². The molecule has 0 amide bonds. The molecule has 0 aliphatic heterocycles. The maximum absolute atomic E-state index is 11.4. The number of nitrogens with zero attached hydrogens (tertiary/aromatic N) is 2. The molecule has 1 aliphatic carbocycles. The molecule has 2 heterocycles. The summed E-state index contributed by atoms with van der Waals surface area (Å²) < 4.78 is 2.56. The van der Waals surface area contributed by atoms with Gasteiger partial charge in [0.2, 0.25) is 0 Å². The fraction of sp³-hybridized carbons (Fsp3) is 0.333. The number of carbonyl (C=O) groups is 1. The highest BCUT2D eigenvalue weighted by Gasteiger charge is 2.29. The molecule has 0 aromatic carbocycles. The minimum atomic E-state index is -0.901. The van der Waals surface area contributed by atoms with Crippen molar-refractivity contribution in [2.45, 2.75) is 25.2 Å². The van der Waals surface area contributed by atoms with Gasteiger partial charge in [-0.05, 0) is 25.0 Å². The Labute approximate surface area is 106 Å². The number of aromatic carboxylic acids is 1. The maximum Gasteiger partial charge on any atom is 0.354 e. The zero-order chi connectivity index (χ0) is 12.0. The van der Waals surface area contributed by atoms with Crippen molar-refractivity contribution in [2.75, 3.05) is 0 Å². The lowest BCUT2D eigenvalue weighted by atomic mass is 9.82. The highest BCUT2D eigenvalue weighted by Crippen LogP contribution is 2.37. The van der Waals surface area contributed by atoms with Crippen molar-refractivity contribution in [1.29, 1.82) is 0 Å². The Morgan fingerprint density at radius 3 is 2.88 bits per heavy atom. The molecule has 2 aromatic heterocycles. The van der Waals surface area contributed by atoms with Gasteiger partial charge >= 0.3 is 5.97 Å². The van der Waals surface area contributed by atoms with Gasteiger partial charge in [-0.3, -0.25) is 4.40 Å². The van der Waals surface area contributed by atoms with Gasteiger partial charge in [0, 0.05) is 16.6 Å². The third-order valence-electron chi connectivity index (χ3n) is 3.31. The molecule has 1 saturated carbocycles. The molecule has 5 heteroatoms. The summed E-state index contributed by atoms with van der Waals surface area (Å²) in [5, 5.41) is 9.32. The first kappa shape index (κ1) is 10.8. The van der Waals surface area contributed by atoms with E-state index in [1.165, 1.54) is 6.42 Å².